The summed E-state index contributed by atoms with van der Waals surface area (Å²) in [5.74, 6) is -0.748. The summed E-state index contributed by atoms with van der Waals surface area (Å²) < 4.78 is 0. The van der Waals surface area contributed by atoms with E-state index in [1.165, 1.54) is 11.3 Å². The SMILES string of the molecule is CC.CC(C)C(C#N)(CCC(=O)O)c1ccsc1. The smallest absolute Gasteiger partial charge is 0.303 e. The molecule has 0 saturated carbocycles. The van der Waals surface area contributed by atoms with Crippen LogP contribution in [0.5, 0.6) is 0 Å². The summed E-state index contributed by atoms with van der Waals surface area (Å²) in [7, 11) is 0. The van der Waals surface area contributed by atoms with Gasteiger partial charge in [0.2, 0.25) is 0 Å². The van der Waals surface area contributed by atoms with E-state index in [1.54, 1.807) is 0 Å². The van der Waals surface area contributed by atoms with Gasteiger partial charge in [0.25, 0.3) is 0 Å². The van der Waals surface area contributed by atoms with Crippen LogP contribution in [0.1, 0.15) is 46.1 Å². The highest BCUT2D eigenvalue weighted by Crippen LogP contribution is 2.37. The Morgan fingerprint density at radius 3 is 2.50 bits per heavy atom. The lowest BCUT2D eigenvalue weighted by atomic mass is 9.71. The van der Waals surface area contributed by atoms with E-state index in [-0.39, 0.29) is 12.3 Å². The number of nitriles is 1. The fraction of sp³-hybridized carbons (Fsp3) is 0.571. The molecule has 0 bridgehead atoms. The van der Waals surface area contributed by atoms with Crippen LogP contribution >= 0.6 is 11.3 Å². The fourth-order valence-electron chi connectivity index (χ4n) is 1.84. The first-order valence-corrected chi connectivity index (χ1v) is 7.13. The molecule has 3 nitrogen and oxygen atoms in total. The molecule has 0 spiro atoms. The highest BCUT2D eigenvalue weighted by atomic mass is 32.1. The van der Waals surface area contributed by atoms with Crippen molar-refractivity contribution in [3.63, 3.8) is 0 Å². The van der Waals surface area contributed by atoms with Gasteiger partial charge in [-0.25, -0.2) is 0 Å². The van der Waals surface area contributed by atoms with E-state index in [0.29, 0.717) is 6.42 Å². The molecule has 0 aliphatic heterocycles. The molecule has 1 heterocycles. The molecule has 1 aromatic rings. The van der Waals surface area contributed by atoms with Crippen molar-refractivity contribution in [1.29, 1.82) is 5.26 Å². The first kappa shape index (κ1) is 16.7. The van der Waals surface area contributed by atoms with Gasteiger partial charge in [-0.05, 0) is 34.7 Å². The lowest BCUT2D eigenvalue weighted by Gasteiger charge is -2.29. The van der Waals surface area contributed by atoms with Crippen molar-refractivity contribution in [2.24, 2.45) is 5.92 Å². The van der Waals surface area contributed by atoms with Crippen molar-refractivity contribution < 1.29 is 9.90 Å². The van der Waals surface area contributed by atoms with E-state index in [1.807, 2.05) is 44.5 Å². The minimum absolute atomic E-state index is 0.0294. The Morgan fingerprint density at radius 1 is 1.56 bits per heavy atom. The third-order valence-corrected chi connectivity index (χ3v) is 3.64. The Kier molecular flexibility index (Phi) is 7.30. The fourth-order valence-corrected chi connectivity index (χ4v) is 2.58. The number of hydrogen-bond donors (Lipinski definition) is 1. The van der Waals surface area contributed by atoms with Gasteiger partial charge in [0.15, 0.2) is 0 Å². The second-order valence-electron chi connectivity index (χ2n) is 4.14. The summed E-state index contributed by atoms with van der Waals surface area (Å²) in [4.78, 5) is 10.6. The number of aliphatic carboxylic acids is 1. The van der Waals surface area contributed by atoms with Crippen molar-refractivity contribution in [2.75, 3.05) is 0 Å². The van der Waals surface area contributed by atoms with Crippen molar-refractivity contribution in [1.82, 2.24) is 0 Å². The lowest BCUT2D eigenvalue weighted by molar-refractivity contribution is -0.137. The number of carboxylic acids is 1. The number of carbonyl (C=O) groups is 1. The van der Waals surface area contributed by atoms with Gasteiger partial charge in [0.05, 0.1) is 11.5 Å². The Bertz CT molecular complexity index is 392. The summed E-state index contributed by atoms with van der Waals surface area (Å²) in [6, 6.07) is 4.23. The maximum atomic E-state index is 10.6. The number of nitrogens with zero attached hydrogens (tertiary/aromatic N) is 1. The average Bonchev–Trinajstić information content (AvgIpc) is 2.86. The highest BCUT2D eigenvalue weighted by molar-refractivity contribution is 7.08. The molecule has 0 aliphatic carbocycles. The molecular weight excluding hydrogens is 246 g/mol. The minimum Gasteiger partial charge on any atom is -0.481 e. The Labute approximate surface area is 113 Å². The molecular formula is C14H21NO2S. The van der Waals surface area contributed by atoms with E-state index in [0.717, 1.165) is 5.56 Å². The standard InChI is InChI=1S/C12H15NO2S.C2H6/c1-9(2)12(8-13,5-3-11(14)15)10-4-6-16-7-10;1-2/h4,6-7,9H,3,5H2,1-2H3,(H,14,15);1-2H3. The zero-order valence-electron chi connectivity index (χ0n) is 11.4. The molecule has 0 amide bonds. The Balaban J connectivity index is 0.00000137. The van der Waals surface area contributed by atoms with Crippen molar-refractivity contribution in [3.05, 3.63) is 22.4 Å². The zero-order chi connectivity index (χ0) is 14.2. The number of rotatable bonds is 5. The molecule has 1 aromatic heterocycles. The van der Waals surface area contributed by atoms with E-state index in [4.69, 9.17) is 5.11 Å². The second-order valence-corrected chi connectivity index (χ2v) is 4.92. The summed E-state index contributed by atoms with van der Waals surface area (Å²) >= 11 is 1.53. The maximum Gasteiger partial charge on any atom is 0.303 e. The van der Waals surface area contributed by atoms with Gasteiger partial charge in [0.1, 0.15) is 0 Å². The molecule has 1 unspecified atom stereocenters. The van der Waals surface area contributed by atoms with Gasteiger partial charge >= 0.3 is 5.97 Å². The molecule has 1 atom stereocenters. The van der Waals surface area contributed by atoms with Gasteiger partial charge < -0.3 is 5.11 Å². The average molecular weight is 267 g/mol. The second kappa shape index (κ2) is 7.88. The molecule has 0 fully saturated rings. The Hall–Kier alpha value is -1.34. The van der Waals surface area contributed by atoms with Gasteiger partial charge in [-0.1, -0.05) is 27.7 Å². The number of carboxylic acid groups (broad SMARTS) is 1. The molecule has 18 heavy (non-hydrogen) atoms. The predicted octanol–water partition coefficient (Wildman–Crippen LogP) is 4.06. The van der Waals surface area contributed by atoms with E-state index in [9.17, 15) is 10.1 Å². The summed E-state index contributed by atoms with van der Waals surface area (Å²) in [5.41, 5.74) is 0.273. The summed E-state index contributed by atoms with van der Waals surface area (Å²) in [6.45, 7) is 7.92. The van der Waals surface area contributed by atoms with Gasteiger partial charge in [-0.15, -0.1) is 0 Å². The van der Waals surface area contributed by atoms with Crippen molar-refractivity contribution >= 4 is 17.3 Å². The first-order valence-electron chi connectivity index (χ1n) is 6.18. The van der Waals surface area contributed by atoms with Crippen LogP contribution in [0.25, 0.3) is 0 Å². The summed E-state index contributed by atoms with van der Waals surface area (Å²) in [6.07, 6.45) is 0.398. The minimum atomic E-state index is -0.851. The largest absolute Gasteiger partial charge is 0.481 e. The molecule has 0 aromatic carbocycles. The molecule has 0 aliphatic rings. The van der Waals surface area contributed by atoms with Gasteiger partial charge in [-0.2, -0.15) is 16.6 Å². The van der Waals surface area contributed by atoms with Crippen LogP contribution in [0.3, 0.4) is 0 Å². The zero-order valence-corrected chi connectivity index (χ0v) is 12.3. The predicted molar refractivity (Wildman–Crippen MR) is 74.7 cm³/mol. The monoisotopic (exact) mass is 267 g/mol. The first-order chi connectivity index (χ1) is 8.53. The number of hydrogen-bond acceptors (Lipinski definition) is 3. The van der Waals surface area contributed by atoms with Crippen LogP contribution in [0.4, 0.5) is 0 Å². The topological polar surface area (TPSA) is 61.1 Å². The van der Waals surface area contributed by atoms with E-state index < -0.39 is 11.4 Å². The lowest BCUT2D eigenvalue weighted by Crippen LogP contribution is -2.31. The van der Waals surface area contributed by atoms with Crippen LogP contribution < -0.4 is 0 Å². The van der Waals surface area contributed by atoms with Crippen LogP contribution in [0.2, 0.25) is 0 Å². The maximum absolute atomic E-state index is 10.6. The Morgan fingerprint density at radius 2 is 2.17 bits per heavy atom. The third kappa shape index (κ3) is 3.85. The summed E-state index contributed by atoms with van der Waals surface area (Å²) in [5, 5.41) is 22.0. The van der Waals surface area contributed by atoms with E-state index >= 15 is 0 Å². The highest BCUT2D eigenvalue weighted by Gasteiger charge is 2.36. The molecule has 1 N–H and O–H groups in total. The molecule has 0 saturated heterocycles. The van der Waals surface area contributed by atoms with E-state index in [2.05, 4.69) is 6.07 Å². The van der Waals surface area contributed by atoms with Gasteiger partial charge in [0, 0.05) is 6.42 Å². The molecule has 100 valence electrons. The molecule has 0 radical (unpaired) electrons. The number of thiophene rings is 1. The van der Waals surface area contributed by atoms with Crippen LogP contribution in [0, 0.1) is 17.2 Å². The molecule has 4 heteroatoms. The molecule has 1 rings (SSSR count). The normalized spacial score (nSPS) is 13.1. The van der Waals surface area contributed by atoms with Crippen molar-refractivity contribution in [3.8, 4) is 6.07 Å². The van der Waals surface area contributed by atoms with Crippen LogP contribution in [-0.2, 0) is 10.2 Å². The van der Waals surface area contributed by atoms with Crippen molar-refractivity contribution in [2.45, 2.75) is 46.0 Å². The van der Waals surface area contributed by atoms with Gasteiger partial charge in [-0.3, -0.25) is 4.79 Å². The van der Waals surface area contributed by atoms with Crippen LogP contribution in [-0.4, -0.2) is 11.1 Å². The third-order valence-electron chi connectivity index (χ3n) is 2.95. The van der Waals surface area contributed by atoms with Crippen LogP contribution in [0.15, 0.2) is 16.8 Å². The quantitative estimate of drug-likeness (QED) is 0.875.